The Balaban J connectivity index is 2.35. The molecule has 1 heterocycles. The van der Waals surface area contributed by atoms with Crippen LogP contribution in [0.25, 0.3) is 0 Å². The second kappa shape index (κ2) is 4.06. The van der Waals surface area contributed by atoms with Crippen LogP contribution in [0.1, 0.15) is 19.8 Å². The Hall–Kier alpha value is -0.940. The molecule has 0 aromatic carbocycles. The van der Waals surface area contributed by atoms with E-state index < -0.39 is 18.9 Å². The van der Waals surface area contributed by atoms with Crippen LogP contribution >= 0.6 is 0 Å². The molecule has 1 aliphatic heterocycles. The van der Waals surface area contributed by atoms with E-state index in [1.165, 1.54) is 4.90 Å². The quantitative estimate of drug-likeness (QED) is 0.665. The highest BCUT2D eigenvalue weighted by atomic mass is 19.4. The average molecular weight is 211 g/mol. The molecule has 14 heavy (non-hydrogen) atoms. The zero-order valence-electron chi connectivity index (χ0n) is 7.80. The minimum Gasteiger partial charge on any atom is -0.440 e. The van der Waals surface area contributed by atoms with E-state index in [9.17, 15) is 18.0 Å². The maximum absolute atomic E-state index is 11.7. The lowest BCUT2D eigenvalue weighted by Gasteiger charge is -2.20. The number of ether oxygens (including phenoxy) is 1. The standard InChI is InChI=1S/C8H12F3NO2/c1-6-3-2-4-12(6)7(13)14-5-8(9,10)11/h6H,2-5H2,1H3. The number of alkyl halides is 3. The van der Waals surface area contributed by atoms with Crippen LogP contribution in [-0.4, -0.2) is 36.4 Å². The summed E-state index contributed by atoms with van der Waals surface area (Å²) in [6.45, 7) is 0.773. The number of nitrogens with zero attached hydrogens (tertiary/aromatic N) is 1. The van der Waals surface area contributed by atoms with Gasteiger partial charge in [-0.3, -0.25) is 0 Å². The van der Waals surface area contributed by atoms with Crippen molar-refractivity contribution in [3.8, 4) is 0 Å². The van der Waals surface area contributed by atoms with Crippen molar-refractivity contribution >= 4 is 6.09 Å². The van der Waals surface area contributed by atoms with E-state index in [-0.39, 0.29) is 6.04 Å². The zero-order valence-corrected chi connectivity index (χ0v) is 7.80. The predicted octanol–water partition coefficient (Wildman–Crippen LogP) is 2.17. The van der Waals surface area contributed by atoms with E-state index in [2.05, 4.69) is 4.74 Å². The summed E-state index contributed by atoms with van der Waals surface area (Å²) in [4.78, 5) is 12.4. The first-order chi connectivity index (χ1) is 6.40. The highest BCUT2D eigenvalue weighted by Crippen LogP contribution is 2.19. The fourth-order valence-electron chi connectivity index (χ4n) is 1.43. The third-order valence-electron chi connectivity index (χ3n) is 2.15. The molecule has 0 radical (unpaired) electrons. The molecule has 0 saturated carbocycles. The van der Waals surface area contributed by atoms with Gasteiger partial charge in [-0.2, -0.15) is 13.2 Å². The first-order valence-corrected chi connectivity index (χ1v) is 4.40. The third-order valence-corrected chi connectivity index (χ3v) is 2.15. The number of likely N-dealkylation sites (tertiary alicyclic amines) is 1. The summed E-state index contributed by atoms with van der Waals surface area (Å²) in [6, 6.07) is -0.0178. The van der Waals surface area contributed by atoms with E-state index in [1.54, 1.807) is 6.92 Å². The summed E-state index contributed by atoms with van der Waals surface area (Å²) in [5.74, 6) is 0. The Morgan fingerprint density at radius 1 is 1.57 bits per heavy atom. The first kappa shape index (κ1) is 11.1. The second-order valence-corrected chi connectivity index (χ2v) is 3.35. The summed E-state index contributed by atoms with van der Waals surface area (Å²) < 4.78 is 39.2. The van der Waals surface area contributed by atoms with Gasteiger partial charge in [0.1, 0.15) is 0 Å². The Morgan fingerprint density at radius 3 is 2.64 bits per heavy atom. The maximum Gasteiger partial charge on any atom is 0.422 e. The molecule has 82 valence electrons. The maximum atomic E-state index is 11.7. The Kier molecular flexibility index (Phi) is 3.23. The van der Waals surface area contributed by atoms with Crippen LogP contribution in [0.3, 0.4) is 0 Å². The van der Waals surface area contributed by atoms with Crippen molar-refractivity contribution in [1.82, 2.24) is 4.90 Å². The number of hydrogen-bond acceptors (Lipinski definition) is 2. The van der Waals surface area contributed by atoms with Crippen molar-refractivity contribution in [3.63, 3.8) is 0 Å². The zero-order chi connectivity index (χ0) is 10.8. The number of amides is 1. The Morgan fingerprint density at radius 2 is 2.21 bits per heavy atom. The Labute approximate surface area is 79.8 Å². The van der Waals surface area contributed by atoms with Gasteiger partial charge in [-0.15, -0.1) is 0 Å². The topological polar surface area (TPSA) is 29.5 Å². The molecular formula is C8H12F3NO2. The van der Waals surface area contributed by atoms with Gasteiger partial charge in [-0.1, -0.05) is 0 Å². The van der Waals surface area contributed by atoms with Crippen molar-refractivity contribution in [2.45, 2.75) is 32.0 Å². The molecule has 1 atom stereocenters. The minimum absolute atomic E-state index is 0.0178. The molecule has 3 nitrogen and oxygen atoms in total. The number of carbonyl (C=O) groups is 1. The molecular weight excluding hydrogens is 199 g/mol. The van der Waals surface area contributed by atoms with Crippen molar-refractivity contribution in [1.29, 1.82) is 0 Å². The molecule has 1 saturated heterocycles. The van der Waals surface area contributed by atoms with Crippen LogP contribution in [0.15, 0.2) is 0 Å². The van der Waals surface area contributed by atoms with Crippen molar-refractivity contribution in [3.05, 3.63) is 0 Å². The highest BCUT2D eigenvalue weighted by molar-refractivity contribution is 5.68. The number of hydrogen-bond donors (Lipinski definition) is 0. The van der Waals surface area contributed by atoms with Crippen LogP contribution < -0.4 is 0 Å². The SMILES string of the molecule is CC1CCCN1C(=O)OCC(F)(F)F. The molecule has 1 amide bonds. The summed E-state index contributed by atoms with van der Waals surface area (Å²) in [7, 11) is 0. The van der Waals surface area contributed by atoms with Crippen molar-refractivity contribution < 1.29 is 22.7 Å². The molecule has 1 aliphatic rings. The molecule has 0 spiro atoms. The molecule has 0 aromatic heterocycles. The van der Waals surface area contributed by atoms with Gasteiger partial charge >= 0.3 is 12.3 Å². The lowest BCUT2D eigenvalue weighted by molar-refractivity contribution is -0.162. The summed E-state index contributed by atoms with van der Waals surface area (Å²) in [5.41, 5.74) is 0. The number of halogens is 3. The number of rotatable bonds is 1. The second-order valence-electron chi connectivity index (χ2n) is 3.35. The summed E-state index contributed by atoms with van der Waals surface area (Å²) >= 11 is 0. The minimum atomic E-state index is -4.45. The van der Waals surface area contributed by atoms with Crippen LogP contribution in [0.2, 0.25) is 0 Å². The molecule has 0 aromatic rings. The molecule has 1 fully saturated rings. The Bertz CT molecular complexity index is 217. The van der Waals surface area contributed by atoms with Crippen LogP contribution in [0.5, 0.6) is 0 Å². The van der Waals surface area contributed by atoms with Gasteiger partial charge in [0.15, 0.2) is 6.61 Å². The van der Waals surface area contributed by atoms with Gasteiger partial charge < -0.3 is 9.64 Å². The fourth-order valence-corrected chi connectivity index (χ4v) is 1.43. The van der Waals surface area contributed by atoms with E-state index in [4.69, 9.17) is 0 Å². The molecule has 1 unspecified atom stereocenters. The lowest BCUT2D eigenvalue weighted by Crippen LogP contribution is -2.36. The van der Waals surface area contributed by atoms with E-state index in [1.807, 2.05) is 0 Å². The smallest absolute Gasteiger partial charge is 0.422 e. The van der Waals surface area contributed by atoms with Crippen LogP contribution in [-0.2, 0) is 4.74 Å². The van der Waals surface area contributed by atoms with Gasteiger partial charge in [0.25, 0.3) is 0 Å². The number of carbonyl (C=O) groups excluding carboxylic acids is 1. The van der Waals surface area contributed by atoms with Gasteiger partial charge in [0.05, 0.1) is 0 Å². The van der Waals surface area contributed by atoms with Gasteiger partial charge in [0.2, 0.25) is 0 Å². The fraction of sp³-hybridized carbons (Fsp3) is 0.875. The summed E-state index contributed by atoms with van der Waals surface area (Å²) in [6.07, 6.45) is -3.67. The van der Waals surface area contributed by atoms with Crippen LogP contribution in [0.4, 0.5) is 18.0 Å². The van der Waals surface area contributed by atoms with Crippen LogP contribution in [0, 0.1) is 0 Å². The van der Waals surface area contributed by atoms with Gasteiger partial charge in [-0.05, 0) is 19.8 Å². The van der Waals surface area contributed by atoms with Crippen molar-refractivity contribution in [2.75, 3.05) is 13.2 Å². The molecule has 0 bridgehead atoms. The monoisotopic (exact) mass is 211 g/mol. The highest BCUT2D eigenvalue weighted by Gasteiger charge is 2.32. The molecule has 1 rings (SSSR count). The lowest BCUT2D eigenvalue weighted by atomic mass is 10.2. The predicted molar refractivity (Wildman–Crippen MR) is 42.8 cm³/mol. The van der Waals surface area contributed by atoms with E-state index in [0.717, 1.165) is 12.8 Å². The van der Waals surface area contributed by atoms with Crippen molar-refractivity contribution in [2.24, 2.45) is 0 Å². The van der Waals surface area contributed by atoms with E-state index in [0.29, 0.717) is 6.54 Å². The molecule has 6 heteroatoms. The van der Waals surface area contributed by atoms with E-state index >= 15 is 0 Å². The third kappa shape index (κ3) is 3.08. The average Bonchev–Trinajstić information content (AvgIpc) is 2.46. The molecule has 0 N–H and O–H groups in total. The first-order valence-electron chi connectivity index (χ1n) is 4.40. The van der Waals surface area contributed by atoms with Gasteiger partial charge in [0, 0.05) is 12.6 Å². The normalized spacial score (nSPS) is 22.6. The largest absolute Gasteiger partial charge is 0.440 e. The van der Waals surface area contributed by atoms with Gasteiger partial charge in [-0.25, -0.2) is 4.79 Å². The molecule has 0 aliphatic carbocycles. The summed E-state index contributed by atoms with van der Waals surface area (Å²) in [5, 5.41) is 0.